The van der Waals surface area contributed by atoms with Gasteiger partial charge in [-0.3, -0.25) is 4.57 Å². The van der Waals surface area contributed by atoms with E-state index in [0.29, 0.717) is 13.1 Å². The highest BCUT2D eigenvalue weighted by Gasteiger charge is 2.09. The molecule has 1 heterocycles. The third-order valence-corrected chi connectivity index (χ3v) is 4.40. The Balaban J connectivity index is 0.00000341. The molecular weight excluding hydrogens is 503 g/mol. The molecular formula is C23H31IN6O. The van der Waals surface area contributed by atoms with Crippen molar-refractivity contribution >= 4 is 29.9 Å². The lowest BCUT2D eigenvalue weighted by Gasteiger charge is -2.15. The number of aliphatic imine (C=N–C) groups is 1. The summed E-state index contributed by atoms with van der Waals surface area (Å²) in [6, 6.07) is 16.3. The van der Waals surface area contributed by atoms with Crippen LogP contribution in [0.5, 0.6) is 5.75 Å². The van der Waals surface area contributed by atoms with Crippen LogP contribution in [-0.2, 0) is 13.1 Å². The molecule has 0 saturated carbocycles. The lowest BCUT2D eigenvalue weighted by atomic mass is 10.1. The maximum absolute atomic E-state index is 5.97. The van der Waals surface area contributed by atoms with Crippen molar-refractivity contribution in [3.63, 3.8) is 0 Å². The summed E-state index contributed by atoms with van der Waals surface area (Å²) in [5.74, 6) is 2.41. The number of halogens is 1. The molecule has 3 aromatic rings. The molecule has 0 bridgehead atoms. The van der Waals surface area contributed by atoms with Crippen molar-refractivity contribution in [2.45, 2.75) is 46.9 Å². The molecule has 8 heteroatoms. The van der Waals surface area contributed by atoms with Crippen molar-refractivity contribution in [3.8, 4) is 11.4 Å². The number of aromatic nitrogens is 3. The number of hydrogen-bond donors (Lipinski definition) is 2. The number of guanidine groups is 1. The second-order valence-electron chi connectivity index (χ2n) is 7.28. The molecule has 0 spiro atoms. The van der Waals surface area contributed by atoms with E-state index in [1.54, 1.807) is 6.33 Å². The normalized spacial score (nSPS) is 11.2. The van der Waals surface area contributed by atoms with E-state index in [9.17, 15) is 0 Å². The Hall–Kier alpha value is -2.62. The molecule has 7 nitrogen and oxygen atoms in total. The fraction of sp³-hybridized carbons (Fsp3) is 0.348. The molecule has 0 fully saturated rings. The summed E-state index contributed by atoms with van der Waals surface area (Å²) in [5.41, 5.74) is 3.25. The van der Waals surface area contributed by atoms with E-state index < -0.39 is 0 Å². The Bertz CT molecular complexity index is 971. The van der Waals surface area contributed by atoms with Gasteiger partial charge in [0.15, 0.2) is 11.8 Å². The molecule has 0 atom stereocenters. The average molecular weight is 534 g/mol. The highest BCUT2D eigenvalue weighted by atomic mass is 127. The second-order valence-corrected chi connectivity index (χ2v) is 7.28. The maximum Gasteiger partial charge on any atom is 0.191 e. The smallest absolute Gasteiger partial charge is 0.191 e. The summed E-state index contributed by atoms with van der Waals surface area (Å²) >= 11 is 0. The van der Waals surface area contributed by atoms with Crippen LogP contribution in [0.25, 0.3) is 5.69 Å². The number of nitrogens with zero attached hydrogens (tertiary/aromatic N) is 4. The maximum atomic E-state index is 5.97. The van der Waals surface area contributed by atoms with Gasteiger partial charge in [0, 0.05) is 17.8 Å². The van der Waals surface area contributed by atoms with E-state index in [-0.39, 0.29) is 30.1 Å². The monoisotopic (exact) mass is 534 g/mol. The van der Waals surface area contributed by atoms with Gasteiger partial charge in [-0.15, -0.1) is 34.2 Å². The number of ether oxygens (including phenoxy) is 1. The molecule has 0 aliphatic heterocycles. The van der Waals surface area contributed by atoms with Crippen LogP contribution in [0.1, 0.15) is 37.7 Å². The molecule has 0 unspecified atom stereocenters. The lowest BCUT2D eigenvalue weighted by molar-refractivity contribution is 0.240. The highest BCUT2D eigenvalue weighted by Crippen LogP contribution is 2.22. The summed E-state index contributed by atoms with van der Waals surface area (Å²) in [7, 11) is 0. The topological polar surface area (TPSA) is 76.4 Å². The fourth-order valence-corrected chi connectivity index (χ4v) is 3.01. The first kappa shape index (κ1) is 24.6. The highest BCUT2D eigenvalue weighted by molar-refractivity contribution is 14.0. The van der Waals surface area contributed by atoms with Crippen LogP contribution in [0.15, 0.2) is 59.9 Å². The predicted octanol–water partition coefficient (Wildman–Crippen LogP) is 4.24. The van der Waals surface area contributed by atoms with E-state index >= 15 is 0 Å². The van der Waals surface area contributed by atoms with Crippen molar-refractivity contribution in [2.24, 2.45) is 4.99 Å². The fourth-order valence-electron chi connectivity index (χ4n) is 3.01. The number of benzene rings is 2. The van der Waals surface area contributed by atoms with Crippen molar-refractivity contribution < 1.29 is 4.74 Å². The van der Waals surface area contributed by atoms with E-state index in [1.807, 2.05) is 55.7 Å². The van der Waals surface area contributed by atoms with Gasteiger partial charge in [-0.1, -0.05) is 30.3 Å². The molecule has 0 amide bonds. The molecule has 1 aromatic heterocycles. The molecule has 0 aliphatic rings. The second kappa shape index (κ2) is 12.3. The molecule has 0 saturated heterocycles. The SMILES string of the molecule is CCNC(=NCc1ccc(C)cc1OC(C)C)NCc1nncn1-c1ccccc1.I. The Morgan fingerprint density at radius 1 is 1.13 bits per heavy atom. The van der Waals surface area contributed by atoms with Crippen LogP contribution < -0.4 is 15.4 Å². The van der Waals surface area contributed by atoms with Gasteiger partial charge in [0.2, 0.25) is 0 Å². The number of aryl methyl sites for hydroxylation is 1. The van der Waals surface area contributed by atoms with Gasteiger partial charge >= 0.3 is 0 Å². The van der Waals surface area contributed by atoms with Gasteiger partial charge in [-0.2, -0.15) is 0 Å². The van der Waals surface area contributed by atoms with Crippen LogP contribution in [0.4, 0.5) is 0 Å². The first-order chi connectivity index (χ1) is 14.6. The summed E-state index contributed by atoms with van der Waals surface area (Å²) in [5, 5.41) is 14.9. The van der Waals surface area contributed by atoms with Crippen LogP contribution >= 0.6 is 24.0 Å². The first-order valence-corrected chi connectivity index (χ1v) is 10.3. The van der Waals surface area contributed by atoms with Crippen LogP contribution in [-0.4, -0.2) is 33.4 Å². The zero-order valence-corrected chi connectivity index (χ0v) is 20.8. The molecule has 166 valence electrons. The minimum Gasteiger partial charge on any atom is -0.491 e. The quantitative estimate of drug-likeness (QED) is 0.257. The van der Waals surface area contributed by atoms with Gasteiger partial charge in [-0.25, -0.2) is 4.99 Å². The van der Waals surface area contributed by atoms with E-state index in [0.717, 1.165) is 35.3 Å². The third-order valence-electron chi connectivity index (χ3n) is 4.40. The Labute approximate surface area is 201 Å². The number of nitrogens with one attached hydrogen (secondary N) is 2. The van der Waals surface area contributed by atoms with Crippen LogP contribution in [0.3, 0.4) is 0 Å². The molecule has 31 heavy (non-hydrogen) atoms. The van der Waals surface area contributed by atoms with Crippen molar-refractivity contribution in [1.29, 1.82) is 0 Å². The average Bonchev–Trinajstić information content (AvgIpc) is 3.20. The minimum absolute atomic E-state index is 0. The Morgan fingerprint density at radius 2 is 1.90 bits per heavy atom. The largest absolute Gasteiger partial charge is 0.491 e. The predicted molar refractivity (Wildman–Crippen MR) is 135 cm³/mol. The zero-order valence-electron chi connectivity index (χ0n) is 18.5. The molecule has 0 radical (unpaired) electrons. The molecule has 0 aliphatic carbocycles. The summed E-state index contributed by atoms with van der Waals surface area (Å²) in [6.07, 6.45) is 1.84. The summed E-state index contributed by atoms with van der Waals surface area (Å²) in [4.78, 5) is 4.74. The third kappa shape index (κ3) is 7.23. The Kier molecular flexibility index (Phi) is 9.77. The molecule has 3 rings (SSSR count). The van der Waals surface area contributed by atoms with Gasteiger partial charge in [0.05, 0.1) is 19.2 Å². The van der Waals surface area contributed by atoms with Gasteiger partial charge < -0.3 is 15.4 Å². The number of para-hydroxylation sites is 1. The standard InChI is InChI=1S/C23H30N6O.HI/c1-5-24-23(25-14-19-12-11-18(4)13-21(19)30-17(2)3)26-15-22-28-27-16-29(22)20-9-7-6-8-10-20;/h6-13,16-17H,5,14-15H2,1-4H3,(H2,24,25,26);1H. The van der Waals surface area contributed by atoms with Crippen LogP contribution in [0, 0.1) is 6.92 Å². The number of rotatable bonds is 8. The minimum atomic E-state index is 0. The number of hydrogen-bond acceptors (Lipinski definition) is 4. The van der Waals surface area contributed by atoms with Gasteiger partial charge in [0.25, 0.3) is 0 Å². The zero-order chi connectivity index (χ0) is 21.3. The van der Waals surface area contributed by atoms with Gasteiger partial charge in [-0.05, 0) is 51.5 Å². The molecule has 2 N–H and O–H groups in total. The van der Waals surface area contributed by atoms with Crippen molar-refractivity contribution in [2.75, 3.05) is 6.54 Å². The van der Waals surface area contributed by atoms with Crippen LogP contribution in [0.2, 0.25) is 0 Å². The molecule has 2 aromatic carbocycles. The first-order valence-electron chi connectivity index (χ1n) is 10.3. The Morgan fingerprint density at radius 3 is 2.61 bits per heavy atom. The van der Waals surface area contributed by atoms with Gasteiger partial charge in [0.1, 0.15) is 12.1 Å². The summed E-state index contributed by atoms with van der Waals surface area (Å²) in [6.45, 7) is 9.96. The van der Waals surface area contributed by atoms with E-state index in [4.69, 9.17) is 9.73 Å². The summed E-state index contributed by atoms with van der Waals surface area (Å²) < 4.78 is 7.93. The van der Waals surface area contributed by atoms with Crippen molar-refractivity contribution in [1.82, 2.24) is 25.4 Å². The van der Waals surface area contributed by atoms with Crippen molar-refractivity contribution in [3.05, 3.63) is 71.8 Å². The van der Waals surface area contributed by atoms with E-state index in [1.165, 1.54) is 5.56 Å². The lowest BCUT2D eigenvalue weighted by Crippen LogP contribution is -2.37. The van der Waals surface area contributed by atoms with E-state index in [2.05, 4.69) is 46.0 Å².